The summed E-state index contributed by atoms with van der Waals surface area (Å²) in [4.78, 5) is 0. The summed E-state index contributed by atoms with van der Waals surface area (Å²) in [6.45, 7) is 3.88. The van der Waals surface area contributed by atoms with Crippen molar-refractivity contribution in [3.63, 3.8) is 0 Å². The summed E-state index contributed by atoms with van der Waals surface area (Å²) in [5.74, 6) is 0. The largest absolute Gasteiger partial charge is 0.394 e. The molecule has 0 unspecified atom stereocenters. The van der Waals surface area contributed by atoms with Crippen molar-refractivity contribution in [1.82, 2.24) is 0 Å². The number of anilines is 1. The molecule has 0 aliphatic rings. The summed E-state index contributed by atoms with van der Waals surface area (Å²) >= 11 is 3.48. The minimum Gasteiger partial charge on any atom is -0.394 e. The van der Waals surface area contributed by atoms with Crippen molar-refractivity contribution in [3.8, 4) is 0 Å². The van der Waals surface area contributed by atoms with Crippen molar-refractivity contribution in [3.05, 3.63) is 28.2 Å². The first-order valence-corrected chi connectivity index (χ1v) is 5.72. The highest BCUT2D eigenvalue weighted by Crippen LogP contribution is 2.20. The highest BCUT2D eigenvalue weighted by atomic mass is 79.9. The van der Waals surface area contributed by atoms with Crippen molar-refractivity contribution >= 4 is 21.6 Å². The number of ether oxygens (including phenoxy) is 1. The number of rotatable bonds is 6. The second kappa shape index (κ2) is 6.82. The Balaban J connectivity index is 2.28. The van der Waals surface area contributed by atoms with Gasteiger partial charge in [-0.3, -0.25) is 0 Å². The predicted octanol–water partition coefficient (Wildman–Crippen LogP) is 2.18. The van der Waals surface area contributed by atoms with E-state index in [1.165, 1.54) is 5.56 Å². The molecular weight excluding hydrogens is 258 g/mol. The summed E-state index contributed by atoms with van der Waals surface area (Å²) in [5, 5.41) is 11.7. The Labute approximate surface area is 98.6 Å². The molecule has 0 spiro atoms. The van der Waals surface area contributed by atoms with E-state index < -0.39 is 0 Å². The Morgan fingerprint density at radius 2 is 2.20 bits per heavy atom. The van der Waals surface area contributed by atoms with Gasteiger partial charge >= 0.3 is 0 Å². The molecule has 0 aromatic heterocycles. The van der Waals surface area contributed by atoms with E-state index in [1.807, 2.05) is 12.1 Å². The van der Waals surface area contributed by atoms with Crippen LogP contribution >= 0.6 is 15.9 Å². The van der Waals surface area contributed by atoms with Crippen LogP contribution in [0.2, 0.25) is 0 Å². The number of aliphatic hydroxyl groups excluding tert-OH is 1. The van der Waals surface area contributed by atoms with Crippen molar-refractivity contribution in [1.29, 1.82) is 0 Å². The average molecular weight is 274 g/mol. The molecule has 0 radical (unpaired) electrons. The monoisotopic (exact) mass is 273 g/mol. The number of halogens is 1. The molecule has 84 valence electrons. The van der Waals surface area contributed by atoms with E-state index in [4.69, 9.17) is 9.84 Å². The van der Waals surface area contributed by atoms with Crippen LogP contribution in [0.3, 0.4) is 0 Å². The predicted molar refractivity (Wildman–Crippen MR) is 65.3 cm³/mol. The average Bonchev–Trinajstić information content (AvgIpc) is 2.23. The van der Waals surface area contributed by atoms with E-state index in [1.54, 1.807) is 0 Å². The molecule has 4 heteroatoms. The molecule has 1 aromatic carbocycles. The van der Waals surface area contributed by atoms with E-state index in [0.717, 1.165) is 16.7 Å². The fourth-order valence-electron chi connectivity index (χ4n) is 1.14. The fourth-order valence-corrected chi connectivity index (χ4v) is 1.52. The van der Waals surface area contributed by atoms with Crippen LogP contribution in [0.4, 0.5) is 5.69 Å². The SMILES string of the molecule is Cc1ccc(NCCOCCO)cc1Br. The molecule has 1 aromatic rings. The highest BCUT2D eigenvalue weighted by molar-refractivity contribution is 9.10. The normalized spacial score (nSPS) is 10.3. The number of nitrogens with one attached hydrogen (secondary N) is 1. The summed E-state index contributed by atoms with van der Waals surface area (Å²) in [6.07, 6.45) is 0. The number of hydrogen-bond donors (Lipinski definition) is 2. The molecule has 0 saturated heterocycles. The van der Waals surface area contributed by atoms with Gasteiger partial charge in [0.1, 0.15) is 0 Å². The topological polar surface area (TPSA) is 41.5 Å². The van der Waals surface area contributed by atoms with Gasteiger partial charge in [0, 0.05) is 16.7 Å². The van der Waals surface area contributed by atoms with Gasteiger partial charge in [-0.15, -0.1) is 0 Å². The lowest BCUT2D eigenvalue weighted by Crippen LogP contribution is -2.11. The maximum Gasteiger partial charge on any atom is 0.0698 e. The lowest BCUT2D eigenvalue weighted by molar-refractivity contribution is 0.0992. The van der Waals surface area contributed by atoms with Crippen LogP contribution in [0.1, 0.15) is 5.56 Å². The molecule has 0 heterocycles. The van der Waals surface area contributed by atoms with Gasteiger partial charge in [0.2, 0.25) is 0 Å². The first-order valence-electron chi connectivity index (χ1n) is 4.92. The van der Waals surface area contributed by atoms with Crippen LogP contribution in [0.5, 0.6) is 0 Å². The van der Waals surface area contributed by atoms with Crippen molar-refractivity contribution in [2.24, 2.45) is 0 Å². The van der Waals surface area contributed by atoms with Crippen LogP contribution in [-0.4, -0.2) is 31.5 Å². The zero-order valence-corrected chi connectivity index (χ0v) is 10.4. The van der Waals surface area contributed by atoms with Gasteiger partial charge in [-0.1, -0.05) is 22.0 Å². The van der Waals surface area contributed by atoms with Crippen LogP contribution in [0.15, 0.2) is 22.7 Å². The zero-order chi connectivity index (χ0) is 11.1. The minimum atomic E-state index is 0.0794. The van der Waals surface area contributed by atoms with Crippen molar-refractivity contribution < 1.29 is 9.84 Å². The van der Waals surface area contributed by atoms with Gasteiger partial charge in [0.25, 0.3) is 0 Å². The van der Waals surface area contributed by atoms with E-state index in [2.05, 4.69) is 34.2 Å². The lowest BCUT2D eigenvalue weighted by atomic mass is 10.2. The van der Waals surface area contributed by atoms with Crippen LogP contribution < -0.4 is 5.32 Å². The molecule has 15 heavy (non-hydrogen) atoms. The summed E-state index contributed by atoms with van der Waals surface area (Å²) in [7, 11) is 0. The van der Waals surface area contributed by atoms with E-state index in [-0.39, 0.29) is 6.61 Å². The van der Waals surface area contributed by atoms with E-state index >= 15 is 0 Å². The molecule has 0 aliphatic heterocycles. The number of hydrogen-bond acceptors (Lipinski definition) is 3. The molecule has 3 nitrogen and oxygen atoms in total. The molecule has 0 amide bonds. The first-order chi connectivity index (χ1) is 7.24. The van der Waals surface area contributed by atoms with Gasteiger partial charge in [-0.05, 0) is 24.6 Å². The summed E-state index contributed by atoms with van der Waals surface area (Å²) in [5.41, 5.74) is 2.29. The molecule has 2 N–H and O–H groups in total. The smallest absolute Gasteiger partial charge is 0.0698 e. The van der Waals surface area contributed by atoms with Gasteiger partial charge in [0.05, 0.1) is 19.8 Å². The molecule has 0 bridgehead atoms. The standard InChI is InChI=1S/C11H16BrNO2/c1-9-2-3-10(8-11(9)12)13-4-6-15-7-5-14/h2-3,8,13-14H,4-7H2,1H3. The van der Waals surface area contributed by atoms with Gasteiger partial charge in [-0.2, -0.15) is 0 Å². The Bertz CT molecular complexity index is 305. The van der Waals surface area contributed by atoms with Crippen molar-refractivity contribution in [2.75, 3.05) is 31.7 Å². The number of benzene rings is 1. The second-order valence-electron chi connectivity index (χ2n) is 3.23. The second-order valence-corrected chi connectivity index (χ2v) is 4.08. The summed E-state index contributed by atoms with van der Waals surface area (Å²) in [6, 6.07) is 6.13. The molecule has 0 fully saturated rings. The Morgan fingerprint density at radius 1 is 1.40 bits per heavy atom. The molecule has 1 rings (SSSR count). The number of aliphatic hydroxyl groups is 1. The molecular formula is C11H16BrNO2. The Kier molecular flexibility index (Phi) is 5.68. The third-order valence-electron chi connectivity index (χ3n) is 1.98. The Hall–Kier alpha value is -0.580. The van der Waals surface area contributed by atoms with Crippen LogP contribution in [0.25, 0.3) is 0 Å². The third-order valence-corrected chi connectivity index (χ3v) is 2.84. The minimum absolute atomic E-state index is 0.0794. The molecule has 0 saturated carbocycles. The van der Waals surface area contributed by atoms with Gasteiger partial charge < -0.3 is 15.2 Å². The molecule has 0 aliphatic carbocycles. The fraction of sp³-hybridized carbons (Fsp3) is 0.455. The maximum atomic E-state index is 8.50. The summed E-state index contributed by atoms with van der Waals surface area (Å²) < 4.78 is 6.23. The lowest BCUT2D eigenvalue weighted by Gasteiger charge is -2.08. The van der Waals surface area contributed by atoms with Gasteiger partial charge in [0.15, 0.2) is 0 Å². The Morgan fingerprint density at radius 3 is 2.87 bits per heavy atom. The zero-order valence-electron chi connectivity index (χ0n) is 8.79. The van der Waals surface area contributed by atoms with Crippen LogP contribution in [-0.2, 0) is 4.74 Å². The number of aryl methyl sites for hydroxylation is 1. The van der Waals surface area contributed by atoms with Crippen molar-refractivity contribution in [2.45, 2.75) is 6.92 Å². The van der Waals surface area contributed by atoms with Gasteiger partial charge in [-0.25, -0.2) is 0 Å². The molecule has 0 atom stereocenters. The first kappa shape index (κ1) is 12.5. The van der Waals surface area contributed by atoms with Crippen LogP contribution in [0, 0.1) is 6.92 Å². The quantitative estimate of drug-likeness (QED) is 0.781. The van der Waals surface area contributed by atoms with E-state index in [0.29, 0.717) is 13.2 Å². The maximum absolute atomic E-state index is 8.50. The third kappa shape index (κ3) is 4.64. The highest BCUT2D eigenvalue weighted by Gasteiger charge is 1.96. The van der Waals surface area contributed by atoms with E-state index in [9.17, 15) is 0 Å².